The van der Waals surface area contributed by atoms with Gasteiger partial charge in [0.1, 0.15) is 0 Å². The third-order valence-electron chi connectivity index (χ3n) is 1.63. The number of rotatable bonds is 3. The molecule has 0 bridgehead atoms. The minimum absolute atomic E-state index is 0.132. The second-order valence-electron chi connectivity index (χ2n) is 3.22. The van der Waals surface area contributed by atoms with E-state index in [1.807, 2.05) is 25.3 Å². The van der Waals surface area contributed by atoms with E-state index in [4.69, 9.17) is 4.55 Å². The molecule has 1 aromatic rings. The smallest absolute Gasteiger partial charge is 0.264 e. The molecule has 0 amide bonds. The van der Waals surface area contributed by atoms with Gasteiger partial charge in [-0.15, -0.1) is 0 Å². The maximum atomic E-state index is 9.79. The third-order valence-corrected chi connectivity index (χ3v) is 2.56. The molecular weight excluding hydrogens is 226 g/mol. The zero-order chi connectivity index (χ0) is 12.6. The van der Waals surface area contributed by atoms with Crippen LogP contribution < -0.4 is 0 Å². The zero-order valence-corrected chi connectivity index (χ0v) is 10.4. The summed E-state index contributed by atoms with van der Waals surface area (Å²) in [5, 5.41) is 0. The van der Waals surface area contributed by atoms with Gasteiger partial charge in [0.05, 0.1) is 5.75 Å². The second kappa shape index (κ2) is 7.14. The Kier molecular flexibility index (Phi) is 6.60. The molecule has 90 valence electrons. The van der Waals surface area contributed by atoms with Gasteiger partial charge in [0.15, 0.2) is 0 Å². The van der Waals surface area contributed by atoms with E-state index in [0.717, 1.165) is 11.3 Å². The number of aryl methyl sites for hydroxylation is 1. The molecule has 1 N–H and O–H groups in total. The van der Waals surface area contributed by atoms with Gasteiger partial charge in [-0.2, -0.15) is 8.42 Å². The SMILES string of the molecule is C=Cc1ccc(C)nc1.CCCS(=O)(=O)O. The lowest BCUT2D eigenvalue weighted by Crippen LogP contribution is -2.01. The summed E-state index contributed by atoms with van der Waals surface area (Å²) >= 11 is 0. The predicted molar refractivity (Wildman–Crippen MR) is 65.8 cm³/mol. The minimum Gasteiger partial charge on any atom is -0.286 e. The van der Waals surface area contributed by atoms with Crippen LogP contribution in [0.15, 0.2) is 24.9 Å². The van der Waals surface area contributed by atoms with Crippen LogP contribution in [0, 0.1) is 6.92 Å². The first kappa shape index (κ1) is 14.8. The molecule has 0 saturated heterocycles. The lowest BCUT2D eigenvalue weighted by molar-refractivity contribution is 0.482. The summed E-state index contributed by atoms with van der Waals surface area (Å²) in [5.74, 6) is -0.132. The quantitative estimate of drug-likeness (QED) is 0.827. The van der Waals surface area contributed by atoms with Crippen LogP contribution in [-0.2, 0) is 10.1 Å². The van der Waals surface area contributed by atoms with Crippen molar-refractivity contribution in [3.63, 3.8) is 0 Å². The van der Waals surface area contributed by atoms with E-state index in [-0.39, 0.29) is 5.75 Å². The molecule has 0 unspecified atom stereocenters. The van der Waals surface area contributed by atoms with E-state index in [0.29, 0.717) is 6.42 Å². The Balaban J connectivity index is 0.000000293. The molecule has 0 aliphatic rings. The van der Waals surface area contributed by atoms with Crippen molar-refractivity contribution in [2.75, 3.05) is 5.75 Å². The molecule has 0 atom stereocenters. The summed E-state index contributed by atoms with van der Waals surface area (Å²) in [6.45, 7) is 7.27. The lowest BCUT2D eigenvalue weighted by Gasteiger charge is -1.90. The molecule has 1 heterocycles. The van der Waals surface area contributed by atoms with Crippen LogP contribution in [0.1, 0.15) is 24.6 Å². The molecule has 1 aromatic heterocycles. The zero-order valence-electron chi connectivity index (χ0n) is 9.55. The summed E-state index contributed by atoms with van der Waals surface area (Å²) in [5.41, 5.74) is 2.11. The third kappa shape index (κ3) is 8.14. The molecule has 16 heavy (non-hydrogen) atoms. The van der Waals surface area contributed by atoms with Crippen molar-refractivity contribution in [3.05, 3.63) is 36.2 Å². The molecule has 0 saturated carbocycles. The molecule has 5 heteroatoms. The largest absolute Gasteiger partial charge is 0.286 e. The highest BCUT2D eigenvalue weighted by atomic mass is 32.2. The Hall–Kier alpha value is -1.20. The van der Waals surface area contributed by atoms with Crippen LogP contribution in [0.25, 0.3) is 6.08 Å². The summed E-state index contributed by atoms with van der Waals surface area (Å²) in [6, 6.07) is 3.96. The number of hydrogen-bond donors (Lipinski definition) is 1. The number of hydrogen-bond acceptors (Lipinski definition) is 3. The predicted octanol–water partition coefficient (Wildman–Crippen LogP) is 2.32. The van der Waals surface area contributed by atoms with Crippen molar-refractivity contribution in [3.8, 4) is 0 Å². The molecule has 0 spiro atoms. The standard InChI is InChI=1S/C8H9N.C3H8O3S/c1-3-8-5-4-7(2)9-6-8;1-2-3-7(4,5)6/h3-6H,1H2,2H3;2-3H2,1H3,(H,4,5,6). The minimum atomic E-state index is -3.67. The van der Waals surface area contributed by atoms with Crippen LogP contribution >= 0.6 is 0 Å². The van der Waals surface area contributed by atoms with Crippen molar-refractivity contribution in [2.24, 2.45) is 0 Å². The van der Waals surface area contributed by atoms with Crippen LogP contribution in [0.5, 0.6) is 0 Å². The van der Waals surface area contributed by atoms with Gasteiger partial charge in [-0.1, -0.05) is 25.6 Å². The summed E-state index contributed by atoms with van der Waals surface area (Å²) in [7, 11) is -3.67. The van der Waals surface area contributed by atoms with Gasteiger partial charge in [0.25, 0.3) is 10.1 Å². The Morgan fingerprint density at radius 3 is 2.38 bits per heavy atom. The van der Waals surface area contributed by atoms with E-state index in [9.17, 15) is 8.42 Å². The first-order valence-electron chi connectivity index (χ1n) is 4.89. The van der Waals surface area contributed by atoms with Crippen molar-refractivity contribution < 1.29 is 13.0 Å². The van der Waals surface area contributed by atoms with Gasteiger partial charge in [-0.3, -0.25) is 9.54 Å². The van der Waals surface area contributed by atoms with Crippen LogP contribution in [0.3, 0.4) is 0 Å². The molecule has 0 aliphatic heterocycles. The lowest BCUT2D eigenvalue weighted by atomic mass is 10.2. The van der Waals surface area contributed by atoms with Crippen molar-refractivity contribution in [1.82, 2.24) is 4.98 Å². The Morgan fingerprint density at radius 2 is 2.12 bits per heavy atom. The highest BCUT2D eigenvalue weighted by Crippen LogP contribution is 1.98. The maximum Gasteiger partial charge on any atom is 0.264 e. The van der Waals surface area contributed by atoms with Crippen molar-refractivity contribution in [2.45, 2.75) is 20.3 Å². The van der Waals surface area contributed by atoms with Gasteiger partial charge < -0.3 is 0 Å². The normalized spacial score (nSPS) is 10.2. The number of aromatic nitrogens is 1. The fourth-order valence-corrected chi connectivity index (χ4v) is 1.37. The average molecular weight is 243 g/mol. The van der Waals surface area contributed by atoms with E-state index in [1.165, 1.54) is 0 Å². The highest BCUT2D eigenvalue weighted by Gasteiger charge is 1.98. The number of nitrogens with zero attached hydrogens (tertiary/aromatic N) is 1. The summed E-state index contributed by atoms with van der Waals surface area (Å²) in [4.78, 5) is 4.08. The topological polar surface area (TPSA) is 67.3 Å². The number of pyridine rings is 1. The molecular formula is C11H17NO3S. The van der Waals surface area contributed by atoms with Gasteiger partial charge in [-0.05, 0) is 25.0 Å². The Morgan fingerprint density at radius 1 is 1.50 bits per heavy atom. The average Bonchev–Trinajstić information content (AvgIpc) is 2.18. The summed E-state index contributed by atoms with van der Waals surface area (Å²) < 4.78 is 27.6. The van der Waals surface area contributed by atoms with Crippen molar-refractivity contribution in [1.29, 1.82) is 0 Å². The molecule has 0 radical (unpaired) electrons. The second-order valence-corrected chi connectivity index (χ2v) is 4.80. The molecule has 0 aliphatic carbocycles. The maximum absolute atomic E-state index is 9.79. The van der Waals surface area contributed by atoms with E-state index in [1.54, 1.807) is 13.0 Å². The van der Waals surface area contributed by atoms with E-state index in [2.05, 4.69) is 11.6 Å². The van der Waals surface area contributed by atoms with Crippen molar-refractivity contribution >= 4 is 16.2 Å². The van der Waals surface area contributed by atoms with Crippen LogP contribution in [0.4, 0.5) is 0 Å². The van der Waals surface area contributed by atoms with Gasteiger partial charge in [0.2, 0.25) is 0 Å². The molecule has 1 rings (SSSR count). The molecule has 0 aromatic carbocycles. The molecule has 4 nitrogen and oxygen atoms in total. The van der Waals surface area contributed by atoms with Gasteiger partial charge in [0, 0.05) is 11.9 Å². The fourth-order valence-electron chi connectivity index (χ4n) is 0.858. The van der Waals surface area contributed by atoms with Crippen LogP contribution in [-0.4, -0.2) is 23.7 Å². The first-order valence-corrected chi connectivity index (χ1v) is 6.50. The Bertz CT molecular complexity index is 409. The van der Waals surface area contributed by atoms with Crippen LogP contribution in [0.2, 0.25) is 0 Å². The molecule has 0 fully saturated rings. The van der Waals surface area contributed by atoms with E-state index >= 15 is 0 Å². The summed E-state index contributed by atoms with van der Waals surface area (Å²) in [6.07, 6.45) is 4.06. The highest BCUT2D eigenvalue weighted by molar-refractivity contribution is 7.85. The Labute approximate surface area is 96.8 Å². The van der Waals surface area contributed by atoms with Gasteiger partial charge >= 0.3 is 0 Å². The van der Waals surface area contributed by atoms with E-state index < -0.39 is 10.1 Å². The first-order chi connectivity index (χ1) is 7.39. The van der Waals surface area contributed by atoms with Gasteiger partial charge in [-0.25, -0.2) is 0 Å². The monoisotopic (exact) mass is 243 g/mol. The fraction of sp³-hybridized carbons (Fsp3) is 0.364.